The van der Waals surface area contributed by atoms with Crippen molar-refractivity contribution in [2.24, 2.45) is 5.73 Å². The lowest BCUT2D eigenvalue weighted by molar-refractivity contribution is -0.136. The van der Waals surface area contributed by atoms with Crippen molar-refractivity contribution in [2.45, 2.75) is 44.8 Å². The number of carbonyl (C=O) groups is 3. The zero-order valence-electron chi connectivity index (χ0n) is 18.9. The Morgan fingerprint density at radius 2 is 1.88 bits per heavy atom. The number of ether oxygens (including phenoxy) is 2. The van der Waals surface area contributed by atoms with E-state index >= 15 is 0 Å². The summed E-state index contributed by atoms with van der Waals surface area (Å²) in [5.74, 6) is -0.290. The van der Waals surface area contributed by atoms with Gasteiger partial charge < -0.3 is 20.1 Å². The number of nitrogens with one attached hydrogen (secondary N) is 1. The molecule has 9 nitrogen and oxygen atoms in total. The van der Waals surface area contributed by atoms with E-state index in [0.29, 0.717) is 30.9 Å². The van der Waals surface area contributed by atoms with Crippen LogP contribution in [-0.2, 0) is 34.0 Å². The van der Waals surface area contributed by atoms with Gasteiger partial charge in [-0.3, -0.25) is 24.6 Å². The highest BCUT2D eigenvalue weighted by atomic mass is 16.5. The highest BCUT2D eigenvalue weighted by Crippen LogP contribution is 2.34. The van der Waals surface area contributed by atoms with E-state index in [1.807, 2.05) is 18.2 Å². The number of piperidine rings is 1. The summed E-state index contributed by atoms with van der Waals surface area (Å²) in [6.45, 7) is 3.72. The number of benzene rings is 2. The molecule has 5 rings (SSSR count). The lowest BCUT2D eigenvalue weighted by atomic mass is 10.0. The molecule has 3 N–H and O–H groups in total. The van der Waals surface area contributed by atoms with Gasteiger partial charge in [-0.15, -0.1) is 0 Å². The first kappa shape index (κ1) is 22.5. The molecule has 3 aliphatic rings. The summed E-state index contributed by atoms with van der Waals surface area (Å²) in [5.41, 5.74) is 9.41. The van der Waals surface area contributed by atoms with Crippen molar-refractivity contribution in [3.8, 4) is 5.75 Å². The maximum absolute atomic E-state index is 13.0. The van der Waals surface area contributed by atoms with Crippen molar-refractivity contribution < 1.29 is 23.9 Å². The number of hydrogen-bond donors (Lipinski definition) is 2. The van der Waals surface area contributed by atoms with Crippen LogP contribution in [0.15, 0.2) is 42.5 Å². The molecule has 3 aliphatic heterocycles. The SMILES string of the molecule is NC1CN(Cc2ccc(COc3cccc4c3CN(C3CCC(=O)NC3=O)C4=O)cc2)CCO1. The smallest absolute Gasteiger partial charge is 0.255 e. The third-order valence-corrected chi connectivity index (χ3v) is 6.54. The van der Waals surface area contributed by atoms with Gasteiger partial charge in [0.25, 0.3) is 5.91 Å². The van der Waals surface area contributed by atoms with Gasteiger partial charge in [0.05, 0.1) is 13.2 Å². The average Bonchev–Trinajstić information content (AvgIpc) is 3.15. The molecule has 3 heterocycles. The fourth-order valence-electron chi connectivity index (χ4n) is 4.73. The van der Waals surface area contributed by atoms with Crippen LogP contribution in [0.25, 0.3) is 0 Å². The number of nitrogens with two attached hydrogens (primary N) is 1. The van der Waals surface area contributed by atoms with Crippen LogP contribution in [0.2, 0.25) is 0 Å². The molecule has 0 saturated carbocycles. The van der Waals surface area contributed by atoms with Gasteiger partial charge in [-0.25, -0.2) is 0 Å². The number of imide groups is 1. The molecule has 0 bridgehead atoms. The Morgan fingerprint density at radius 1 is 1.09 bits per heavy atom. The second-order valence-electron chi connectivity index (χ2n) is 8.93. The summed E-state index contributed by atoms with van der Waals surface area (Å²) in [5, 5.41) is 2.33. The van der Waals surface area contributed by atoms with Crippen LogP contribution >= 0.6 is 0 Å². The monoisotopic (exact) mass is 464 g/mol. The van der Waals surface area contributed by atoms with Gasteiger partial charge in [0.15, 0.2) is 0 Å². The topological polar surface area (TPSA) is 114 Å². The van der Waals surface area contributed by atoms with Crippen LogP contribution < -0.4 is 15.8 Å². The fourth-order valence-corrected chi connectivity index (χ4v) is 4.73. The maximum Gasteiger partial charge on any atom is 0.255 e. The van der Waals surface area contributed by atoms with Gasteiger partial charge in [0.1, 0.15) is 24.6 Å². The van der Waals surface area contributed by atoms with Crippen molar-refractivity contribution in [3.63, 3.8) is 0 Å². The van der Waals surface area contributed by atoms with Crippen LogP contribution in [0.4, 0.5) is 0 Å². The lowest BCUT2D eigenvalue weighted by Crippen LogP contribution is -2.52. The predicted molar refractivity (Wildman–Crippen MR) is 122 cm³/mol. The van der Waals surface area contributed by atoms with E-state index in [1.165, 1.54) is 10.5 Å². The zero-order chi connectivity index (χ0) is 23.7. The van der Waals surface area contributed by atoms with E-state index in [1.54, 1.807) is 12.1 Å². The molecule has 3 amide bonds. The van der Waals surface area contributed by atoms with Crippen molar-refractivity contribution in [1.29, 1.82) is 0 Å². The maximum atomic E-state index is 13.0. The van der Waals surface area contributed by atoms with Crippen LogP contribution in [-0.4, -0.2) is 59.5 Å². The van der Waals surface area contributed by atoms with E-state index in [-0.39, 0.29) is 31.0 Å². The minimum atomic E-state index is -0.640. The number of amides is 3. The first-order valence-electron chi connectivity index (χ1n) is 11.5. The molecule has 2 aromatic rings. The molecular weight excluding hydrogens is 436 g/mol. The van der Waals surface area contributed by atoms with Crippen molar-refractivity contribution in [3.05, 3.63) is 64.7 Å². The molecule has 178 valence electrons. The average molecular weight is 465 g/mol. The fraction of sp³-hybridized carbons (Fsp3) is 0.400. The molecule has 9 heteroatoms. The molecule has 0 radical (unpaired) electrons. The molecule has 0 spiro atoms. The molecule has 0 aromatic heterocycles. The van der Waals surface area contributed by atoms with Gasteiger partial charge in [-0.05, 0) is 29.7 Å². The summed E-state index contributed by atoms with van der Waals surface area (Å²) in [7, 11) is 0. The van der Waals surface area contributed by atoms with E-state index in [4.69, 9.17) is 15.2 Å². The van der Waals surface area contributed by atoms with Gasteiger partial charge in [-0.2, -0.15) is 0 Å². The van der Waals surface area contributed by atoms with E-state index < -0.39 is 11.9 Å². The molecule has 34 heavy (non-hydrogen) atoms. The summed E-state index contributed by atoms with van der Waals surface area (Å²) in [6, 6.07) is 13.0. The van der Waals surface area contributed by atoms with Crippen LogP contribution in [0.5, 0.6) is 5.75 Å². The van der Waals surface area contributed by atoms with Gasteiger partial charge in [0.2, 0.25) is 11.8 Å². The summed E-state index contributed by atoms with van der Waals surface area (Å²) in [4.78, 5) is 40.5. The Morgan fingerprint density at radius 3 is 2.65 bits per heavy atom. The first-order valence-corrected chi connectivity index (χ1v) is 11.5. The van der Waals surface area contributed by atoms with E-state index in [9.17, 15) is 14.4 Å². The molecule has 2 saturated heterocycles. The third-order valence-electron chi connectivity index (χ3n) is 6.54. The lowest BCUT2D eigenvalue weighted by Gasteiger charge is -2.30. The second kappa shape index (κ2) is 9.54. The zero-order valence-corrected chi connectivity index (χ0v) is 18.9. The van der Waals surface area contributed by atoms with E-state index in [0.717, 1.165) is 30.8 Å². The quantitative estimate of drug-likeness (QED) is 0.617. The highest BCUT2D eigenvalue weighted by molar-refractivity contribution is 6.05. The Labute approximate surface area is 197 Å². The minimum Gasteiger partial charge on any atom is -0.489 e. The van der Waals surface area contributed by atoms with Gasteiger partial charge in [-0.1, -0.05) is 30.3 Å². The first-order chi connectivity index (χ1) is 16.5. The van der Waals surface area contributed by atoms with Gasteiger partial charge in [0, 0.05) is 37.2 Å². The third kappa shape index (κ3) is 4.68. The Bertz CT molecular complexity index is 1100. The molecular formula is C25H28N4O5. The van der Waals surface area contributed by atoms with Crippen molar-refractivity contribution in [2.75, 3.05) is 19.7 Å². The highest BCUT2D eigenvalue weighted by Gasteiger charge is 2.40. The normalized spacial score (nSPS) is 23.1. The number of morpholine rings is 1. The van der Waals surface area contributed by atoms with Crippen molar-refractivity contribution >= 4 is 17.7 Å². The summed E-state index contributed by atoms with van der Waals surface area (Å²) in [6.07, 6.45) is 0.337. The summed E-state index contributed by atoms with van der Waals surface area (Å²) >= 11 is 0. The van der Waals surface area contributed by atoms with Gasteiger partial charge >= 0.3 is 0 Å². The number of carbonyl (C=O) groups excluding carboxylic acids is 3. The standard InChI is InChI=1S/C25H28N4O5/c26-22-14-28(10-11-33-22)12-16-4-6-17(7-5-16)15-34-21-3-1-2-18-19(21)13-29(25(18)32)20-8-9-23(30)27-24(20)31/h1-7,20,22H,8-15,26H2,(H,27,30,31). The Hall–Kier alpha value is -3.27. The molecule has 2 aromatic carbocycles. The van der Waals surface area contributed by atoms with Crippen LogP contribution in [0, 0.1) is 0 Å². The molecule has 2 unspecified atom stereocenters. The van der Waals surface area contributed by atoms with Crippen LogP contribution in [0.3, 0.4) is 0 Å². The largest absolute Gasteiger partial charge is 0.489 e. The number of nitrogens with zero attached hydrogens (tertiary/aromatic N) is 2. The predicted octanol–water partition coefficient (Wildman–Crippen LogP) is 1.14. The van der Waals surface area contributed by atoms with Crippen molar-refractivity contribution in [1.82, 2.24) is 15.1 Å². The van der Waals surface area contributed by atoms with Crippen LogP contribution in [0.1, 0.15) is 39.9 Å². The summed E-state index contributed by atoms with van der Waals surface area (Å²) < 4.78 is 11.5. The van der Waals surface area contributed by atoms with E-state index in [2.05, 4.69) is 22.3 Å². The molecule has 2 fully saturated rings. The molecule has 2 atom stereocenters. The Kier molecular flexibility index (Phi) is 6.32. The molecule has 0 aliphatic carbocycles. The number of rotatable bonds is 6. The Balaban J connectivity index is 1.22. The number of fused-ring (bicyclic) bond motifs is 1. The minimum absolute atomic E-state index is 0.206. The second-order valence-corrected chi connectivity index (χ2v) is 8.93. The number of hydrogen-bond acceptors (Lipinski definition) is 7.